The first-order chi connectivity index (χ1) is 13.5. The molecule has 148 valence electrons. The minimum absolute atomic E-state index is 0.0944. The smallest absolute Gasteiger partial charge is 0.317 e. The lowest BCUT2D eigenvalue weighted by atomic mass is 9.97. The first-order valence-electron chi connectivity index (χ1n) is 9.25. The summed E-state index contributed by atoms with van der Waals surface area (Å²) >= 11 is 1.60. The molecule has 7 nitrogen and oxygen atoms in total. The summed E-state index contributed by atoms with van der Waals surface area (Å²) in [6, 6.07) is 10.8. The van der Waals surface area contributed by atoms with Crippen molar-refractivity contribution in [2.24, 2.45) is 5.92 Å². The average Bonchev–Trinajstić information content (AvgIpc) is 3.21. The van der Waals surface area contributed by atoms with Crippen LogP contribution in [0.1, 0.15) is 24.6 Å². The van der Waals surface area contributed by atoms with Gasteiger partial charge in [0.05, 0.1) is 12.5 Å². The Morgan fingerprint density at radius 3 is 2.46 bits per heavy atom. The molecule has 0 saturated carbocycles. The lowest BCUT2D eigenvalue weighted by Crippen LogP contribution is -2.47. The van der Waals surface area contributed by atoms with Gasteiger partial charge in [-0.05, 0) is 48.6 Å². The van der Waals surface area contributed by atoms with Crippen LogP contribution in [-0.4, -0.2) is 35.8 Å². The molecule has 1 atom stereocenters. The van der Waals surface area contributed by atoms with Gasteiger partial charge in [-0.2, -0.15) is 0 Å². The van der Waals surface area contributed by atoms with Crippen molar-refractivity contribution in [1.82, 2.24) is 10.2 Å². The largest absolute Gasteiger partial charge is 0.333 e. The molecule has 1 saturated heterocycles. The fraction of sp³-hybridized carbons (Fsp3) is 0.350. The summed E-state index contributed by atoms with van der Waals surface area (Å²) in [5.41, 5.74) is 1.34. The second-order valence-corrected chi connectivity index (χ2v) is 7.80. The molecular weight excluding hydrogens is 376 g/mol. The predicted octanol–water partition coefficient (Wildman–Crippen LogP) is 3.27. The molecule has 1 aromatic heterocycles. The van der Waals surface area contributed by atoms with Crippen LogP contribution < -0.4 is 16.0 Å². The number of anilines is 2. The molecule has 2 aromatic rings. The van der Waals surface area contributed by atoms with Crippen LogP contribution in [0.3, 0.4) is 0 Å². The van der Waals surface area contributed by atoms with Crippen molar-refractivity contribution < 1.29 is 14.4 Å². The van der Waals surface area contributed by atoms with Gasteiger partial charge in [-0.3, -0.25) is 9.59 Å². The first kappa shape index (κ1) is 19.9. The second-order valence-electron chi connectivity index (χ2n) is 6.77. The summed E-state index contributed by atoms with van der Waals surface area (Å²) in [4.78, 5) is 38.9. The zero-order valence-corrected chi connectivity index (χ0v) is 16.6. The van der Waals surface area contributed by atoms with Crippen LogP contribution in [0.5, 0.6) is 0 Å². The van der Waals surface area contributed by atoms with E-state index in [0.717, 1.165) is 17.7 Å². The summed E-state index contributed by atoms with van der Waals surface area (Å²) in [6.07, 6.45) is 1.55. The third-order valence-electron chi connectivity index (χ3n) is 4.55. The van der Waals surface area contributed by atoms with Crippen LogP contribution in [0, 0.1) is 5.92 Å². The number of carbonyl (C=O) groups is 3. The molecule has 3 N–H and O–H groups in total. The van der Waals surface area contributed by atoms with Gasteiger partial charge in [-0.25, -0.2) is 4.79 Å². The van der Waals surface area contributed by atoms with Crippen molar-refractivity contribution >= 4 is 40.6 Å². The Bertz CT molecular complexity index is 820. The van der Waals surface area contributed by atoms with Crippen molar-refractivity contribution in [2.75, 3.05) is 23.7 Å². The fourth-order valence-electron chi connectivity index (χ4n) is 3.15. The van der Waals surface area contributed by atoms with Crippen molar-refractivity contribution in [3.63, 3.8) is 0 Å². The van der Waals surface area contributed by atoms with Crippen LogP contribution in [0.15, 0.2) is 41.8 Å². The van der Waals surface area contributed by atoms with E-state index in [0.29, 0.717) is 31.0 Å². The number of rotatable bonds is 5. The number of benzene rings is 1. The third kappa shape index (κ3) is 5.56. The van der Waals surface area contributed by atoms with E-state index in [1.165, 1.54) is 6.92 Å². The third-order valence-corrected chi connectivity index (χ3v) is 5.42. The number of carbonyl (C=O) groups excluding carboxylic acids is 3. The summed E-state index contributed by atoms with van der Waals surface area (Å²) in [6.45, 7) is 3.02. The molecule has 4 amide bonds. The topological polar surface area (TPSA) is 90.5 Å². The van der Waals surface area contributed by atoms with Gasteiger partial charge in [0.1, 0.15) is 0 Å². The van der Waals surface area contributed by atoms with E-state index in [-0.39, 0.29) is 23.8 Å². The lowest BCUT2D eigenvalue weighted by Gasteiger charge is -2.32. The minimum Gasteiger partial charge on any atom is -0.333 e. The summed E-state index contributed by atoms with van der Waals surface area (Å²) in [5, 5.41) is 10.5. The molecule has 0 spiro atoms. The van der Waals surface area contributed by atoms with Crippen LogP contribution >= 0.6 is 11.3 Å². The lowest BCUT2D eigenvalue weighted by molar-refractivity contribution is -0.121. The molecule has 2 heterocycles. The Morgan fingerprint density at radius 2 is 1.82 bits per heavy atom. The molecular formula is C20H24N4O3S. The first-order valence-corrected chi connectivity index (χ1v) is 10.1. The number of nitrogens with one attached hydrogen (secondary N) is 3. The van der Waals surface area contributed by atoms with E-state index >= 15 is 0 Å². The number of thiophene rings is 1. The normalized spacial score (nSPS) is 16.3. The standard InChI is InChI=1S/C20H24N4O3S/c1-14(25)22-16-6-8-17(9-7-16)23-19(26)15-4-2-10-24(13-15)20(27)21-12-18-5-3-11-28-18/h3,5-9,11,15H,2,4,10,12-13H2,1H3,(H,21,27)(H,22,25)(H,23,26). The maximum Gasteiger partial charge on any atom is 0.317 e. The molecule has 0 radical (unpaired) electrons. The van der Waals surface area contributed by atoms with E-state index in [1.807, 2.05) is 17.5 Å². The summed E-state index contributed by atoms with van der Waals surface area (Å²) in [7, 11) is 0. The number of piperidine rings is 1. The van der Waals surface area contributed by atoms with E-state index in [1.54, 1.807) is 40.5 Å². The predicted molar refractivity (Wildman–Crippen MR) is 110 cm³/mol. The summed E-state index contributed by atoms with van der Waals surface area (Å²) < 4.78 is 0. The van der Waals surface area contributed by atoms with Gasteiger partial charge in [0.15, 0.2) is 0 Å². The Labute approximate surface area is 168 Å². The highest BCUT2D eigenvalue weighted by Gasteiger charge is 2.28. The Hall–Kier alpha value is -2.87. The Kier molecular flexibility index (Phi) is 6.65. The maximum absolute atomic E-state index is 12.6. The molecule has 1 aliphatic rings. The van der Waals surface area contributed by atoms with Crippen molar-refractivity contribution in [1.29, 1.82) is 0 Å². The van der Waals surface area contributed by atoms with Crippen LogP contribution in [0.25, 0.3) is 0 Å². The van der Waals surface area contributed by atoms with Gasteiger partial charge in [-0.1, -0.05) is 6.07 Å². The highest BCUT2D eigenvalue weighted by atomic mass is 32.1. The average molecular weight is 401 g/mol. The second kappa shape index (κ2) is 9.36. The quantitative estimate of drug-likeness (QED) is 0.719. The molecule has 3 rings (SSSR count). The molecule has 1 unspecified atom stereocenters. The van der Waals surface area contributed by atoms with E-state index in [9.17, 15) is 14.4 Å². The highest BCUT2D eigenvalue weighted by molar-refractivity contribution is 7.09. The van der Waals surface area contributed by atoms with Gasteiger partial charge in [0, 0.05) is 36.3 Å². The van der Waals surface area contributed by atoms with E-state index in [4.69, 9.17) is 0 Å². The van der Waals surface area contributed by atoms with Crippen molar-refractivity contribution in [3.05, 3.63) is 46.7 Å². The number of amides is 4. The monoisotopic (exact) mass is 400 g/mol. The zero-order chi connectivity index (χ0) is 19.9. The molecule has 8 heteroatoms. The van der Waals surface area contributed by atoms with E-state index < -0.39 is 0 Å². The number of urea groups is 1. The molecule has 28 heavy (non-hydrogen) atoms. The fourth-order valence-corrected chi connectivity index (χ4v) is 3.79. The van der Waals surface area contributed by atoms with E-state index in [2.05, 4.69) is 16.0 Å². The van der Waals surface area contributed by atoms with Gasteiger partial charge in [-0.15, -0.1) is 11.3 Å². The molecule has 1 aliphatic heterocycles. The van der Waals surface area contributed by atoms with Gasteiger partial charge in [0.2, 0.25) is 11.8 Å². The maximum atomic E-state index is 12.6. The molecule has 0 aliphatic carbocycles. The number of hydrogen-bond acceptors (Lipinski definition) is 4. The van der Waals surface area contributed by atoms with Gasteiger partial charge < -0.3 is 20.9 Å². The van der Waals surface area contributed by atoms with Crippen molar-refractivity contribution in [3.8, 4) is 0 Å². The van der Waals surface area contributed by atoms with Crippen LogP contribution in [0.2, 0.25) is 0 Å². The van der Waals surface area contributed by atoms with Crippen LogP contribution in [-0.2, 0) is 16.1 Å². The zero-order valence-electron chi connectivity index (χ0n) is 15.7. The number of hydrogen-bond donors (Lipinski definition) is 3. The molecule has 1 aromatic carbocycles. The molecule has 1 fully saturated rings. The SMILES string of the molecule is CC(=O)Nc1ccc(NC(=O)C2CCCN(C(=O)NCc3cccs3)C2)cc1. The number of nitrogens with zero attached hydrogens (tertiary/aromatic N) is 1. The van der Waals surface area contributed by atoms with Gasteiger partial charge >= 0.3 is 6.03 Å². The van der Waals surface area contributed by atoms with Gasteiger partial charge in [0.25, 0.3) is 0 Å². The number of likely N-dealkylation sites (tertiary alicyclic amines) is 1. The summed E-state index contributed by atoms with van der Waals surface area (Å²) in [5.74, 6) is -0.476. The minimum atomic E-state index is -0.240. The highest BCUT2D eigenvalue weighted by Crippen LogP contribution is 2.20. The van der Waals surface area contributed by atoms with Crippen LogP contribution in [0.4, 0.5) is 16.2 Å². The Balaban J connectivity index is 1.50. The van der Waals surface area contributed by atoms with Crippen molar-refractivity contribution in [2.45, 2.75) is 26.3 Å². The Morgan fingerprint density at radius 1 is 1.11 bits per heavy atom. The molecule has 0 bridgehead atoms.